The second kappa shape index (κ2) is 8.09. The van der Waals surface area contributed by atoms with Crippen LogP contribution in [-0.2, 0) is 4.79 Å². The Balaban J connectivity index is 1.47. The summed E-state index contributed by atoms with van der Waals surface area (Å²) in [6.07, 6.45) is 14.4. The van der Waals surface area contributed by atoms with Crippen molar-refractivity contribution in [2.45, 2.75) is 37.8 Å². The van der Waals surface area contributed by atoms with Gasteiger partial charge in [-0.25, -0.2) is 4.79 Å². The average Bonchev–Trinajstić information content (AvgIpc) is 3.00. The fourth-order valence-electron chi connectivity index (χ4n) is 3.50. The number of amides is 2. The number of aliphatic carboxylic acids is 1. The zero-order valence-electron chi connectivity index (χ0n) is 14.7. The Morgan fingerprint density at radius 2 is 2.35 bits per heavy atom. The predicted molar refractivity (Wildman–Crippen MR) is 98.8 cm³/mol. The van der Waals surface area contributed by atoms with Crippen LogP contribution in [0.5, 0.6) is 0 Å². The zero-order valence-corrected chi connectivity index (χ0v) is 14.7. The fourth-order valence-corrected chi connectivity index (χ4v) is 3.50. The second-order valence-electron chi connectivity index (χ2n) is 6.67. The van der Waals surface area contributed by atoms with Crippen LogP contribution in [0.2, 0.25) is 0 Å². The van der Waals surface area contributed by atoms with E-state index in [0.717, 1.165) is 37.2 Å². The van der Waals surface area contributed by atoms with Crippen molar-refractivity contribution in [3.63, 3.8) is 0 Å². The summed E-state index contributed by atoms with van der Waals surface area (Å²) >= 11 is 0. The third-order valence-corrected chi connectivity index (χ3v) is 4.87. The number of amidine groups is 1. The highest BCUT2D eigenvalue weighted by Gasteiger charge is 2.33. The molecular weight excluding hydrogens is 332 g/mol. The third-order valence-electron chi connectivity index (χ3n) is 4.87. The van der Waals surface area contributed by atoms with Crippen LogP contribution in [0.15, 0.2) is 28.8 Å². The van der Waals surface area contributed by atoms with Gasteiger partial charge in [0.05, 0.1) is 6.42 Å². The molecule has 0 bridgehead atoms. The molecule has 2 atom stereocenters. The molecule has 3 rings (SSSR count). The Labute approximate surface area is 153 Å². The summed E-state index contributed by atoms with van der Waals surface area (Å²) in [5.74, 6) is 2.40. The Morgan fingerprint density at radius 1 is 1.50 bits per heavy atom. The van der Waals surface area contributed by atoms with Gasteiger partial charge in [0.1, 0.15) is 11.9 Å². The molecule has 0 saturated carbocycles. The summed E-state index contributed by atoms with van der Waals surface area (Å²) in [6, 6.07) is -0.617. The van der Waals surface area contributed by atoms with Crippen LogP contribution in [0, 0.1) is 12.3 Å². The highest BCUT2D eigenvalue weighted by Crippen LogP contribution is 2.18. The molecule has 2 amide bonds. The van der Waals surface area contributed by atoms with Gasteiger partial charge in [0.15, 0.2) is 0 Å². The van der Waals surface area contributed by atoms with Crippen LogP contribution in [0.1, 0.15) is 25.7 Å². The zero-order chi connectivity index (χ0) is 18.5. The largest absolute Gasteiger partial charge is 0.481 e. The molecule has 0 radical (unpaired) electrons. The monoisotopic (exact) mass is 356 g/mol. The summed E-state index contributed by atoms with van der Waals surface area (Å²) in [5, 5.41) is 12.4. The second-order valence-corrected chi connectivity index (χ2v) is 6.67. The number of nitrogens with zero attached hydrogens (tertiary/aromatic N) is 3. The van der Waals surface area contributed by atoms with Gasteiger partial charge in [-0.3, -0.25) is 9.79 Å². The highest BCUT2D eigenvalue weighted by atomic mass is 16.4. The summed E-state index contributed by atoms with van der Waals surface area (Å²) in [7, 11) is 0. The molecule has 0 aromatic rings. The number of urea groups is 1. The van der Waals surface area contributed by atoms with E-state index in [9.17, 15) is 9.59 Å². The van der Waals surface area contributed by atoms with Gasteiger partial charge in [-0.2, -0.15) is 0 Å². The molecule has 1 fully saturated rings. The van der Waals surface area contributed by atoms with Crippen molar-refractivity contribution >= 4 is 17.8 Å². The van der Waals surface area contributed by atoms with Crippen molar-refractivity contribution in [3.8, 4) is 12.3 Å². The van der Waals surface area contributed by atoms with E-state index in [0.29, 0.717) is 19.6 Å². The third kappa shape index (κ3) is 4.07. The van der Waals surface area contributed by atoms with E-state index in [1.807, 2.05) is 0 Å². The lowest BCUT2D eigenvalue weighted by Gasteiger charge is -2.26. The Morgan fingerprint density at radius 3 is 3.12 bits per heavy atom. The molecule has 2 N–H and O–H groups in total. The number of carbonyl (C=O) groups is 2. The normalized spacial score (nSPS) is 22.9. The lowest BCUT2D eigenvalue weighted by molar-refractivity contribution is -0.137. The van der Waals surface area contributed by atoms with Crippen molar-refractivity contribution in [1.29, 1.82) is 0 Å². The van der Waals surface area contributed by atoms with Crippen molar-refractivity contribution < 1.29 is 14.7 Å². The summed E-state index contributed by atoms with van der Waals surface area (Å²) in [6.45, 7) is 2.54. The first-order valence-corrected chi connectivity index (χ1v) is 9.01. The highest BCUT2D eigenvalue weighted by molar-refractivity contribution is 6.02. The topological polar surface area (TPSA) is 85.2 Å². The first-order valence-electron chi connectivity index (χ1n) is 9.01. The van der Waals surface area contributed by atoms with Gasteiger partial charge in [-0.05, 0) is 19.3 Å². The molecule has 0 spiro atoms. The van der Waals surface area contributed by atoms with Gasteiger partial charge in [0.25, 0.3) is 0 Å². The molecule has 3 aliphatic heterocycles. The SMILES string of the molecule is C#CC(CC(=O)O)N1CCN(CCCC2C=CC3=CCCN=C3N2)C1=O. The molecule has 0 aromatic heterocycles. The van der Waals surface area contributed by atoms with Gasteiger partial charge < -0.3 is 20.2 Å². The number of carboxylic acid groups (broad SMARTS) is 1. The number of hydrogen-bond acceptors (Lipinski definition) is 4. The van der Waals surface area contributed by atoms with E-state index >= 15 is 0 Å². The number of rotatable bonds is 7. The van der Waals surface area contributed by atoms with Crippen molar-refractivity contribution in [2.75, 3.05) is 26.2 Å². The minimum Gasteiger partial charge on any atom is -0.481 e. The van der Waals surface area contributed by atoms with Crippen LogP contribution < -0.4 is 5.32 Å². The van der Waals surface area contributed by atoms with Gasteiger partial charge in [0, 0.05) is 37.8 Å². The van der Waals surface area contributed by atoms with Crippen molar-refractivity contribution in [2.24, 2.45) is 4.99 Å². The van der Waals surface area contributed by atoms with E-state index in [4.69, 9.17) is 11.5 Å². The van der Waals surface area contributed by atoms with E-state index in [2.05, 4.69) is 34.5 Å². The Kier molecular flexibility index (Phi) is 5.61. The quantitative estimate of drug-likeness (QED) is 0.672. The van der Waals surface area contributed by atoms with E-state index in [-0.39, 0.29) is 18.5 Å². The van der Waals surface area contributed by atoms with Crippen LogP contribution in [-0.4, -0.2) is 71.0 Å². The number of hydrogen-bond donors (Lipinski definition) is 2. The first kappa shape index (κ1) is 18.1. The number of carboxylic acids is 1. The maximum atomic E-state index is 12.5. The van der Waals surface area contributed by atoms with Gasteiger partial charge in [0.2, 0.25) is 0 Å². The number of terminal acetylenes is 1. The first-order chi connectivity index (χ1) is 12.6. The number of fused-ring (bicyclic) bond motifs is 1. The Hall–Kier alpha value is -2.75. The molecule has 3 aliphatic rings. The van der Waals surface area contributed by atoms with Crippen LogP contribution in [0.4, 0.5) is 4.79 Å². The predicted octanol–water partition coefficient (Wildman–Crippen LogP) is 1.24. The summed E-state index contributed by atoms with van der Waals surface area (Å²) in [4.78, 5) is 31.1. The van der Waals surface area contributed by atoms with Crippen molar-refractivity contribution in [3.05, 3.63) is 23.8 Å². The summed E-state index contributed by atoms with van der Waals surface area (Å²) < 4.78 is 0. The van der Waals surface area contributed by atoms with Crippen LogP contribution in [0.3, 0.4) is 0 Å². The number of carbonyl (C=O) groups excluding carboxylic acids is 1. The minimum absolute atomic E-state index is 0.164. The van der Waals surface area contributed by atoms with Gasteiger partial charge in [-0.1, -0.05) is 24.1 Å². The number of nitrogens with one attached hydrogen (secondary N) is 1. The molecule has 138 valence electrons. The maximum Gasteiger partial charge on any atom is 0.321 e. The molecule has 7 nitrogen and oxygen atoms in total. The van der Waals surface area contributed by atoms with Gasteiger partial charge in [-0.15, -0.1) is 6.42 Å². The van der Waals surface area contributed by atoms with Crippen LogP contribution >= 0.6 is 0 Å². The number of aliphatic imine (C=N–C) groups is 1. The molecule has 26 heavy (non-hydrogen) atoms. The minimum atomic E-state index is -0.992. The average molecular weight is 356 g/mol. The molecule has 0 aromatic carbocycles. The summed E-state index contributed by atoms with van der Waals surface area (Å²) in [5.41, 5.74) is 1.16. The molecule has 7 heteroatoms. The molecule has 0 aliphatic carbocycles. The lowest BCUT2D eigenvalue weighted by Crippen LogP contribution is -2.41. The molecular formula is C19H24N4O3. The van der Waals surface area contributed by atoms with Gasteiger partial charge >= 0.3 is 12.0 Å². The molecule has 1 saturated heterocycles. The standard InChI is InChI=1S/C19H24N4O3/c1-2-16(13-17(24)25)23-12-11-22(19(23)26)10-4-6-15-8-7-14-5-3-9-20-18(14)21-15/h1,5,7-8,15-16H,3-4,6,9-13H2,(H,20,21)(H,24,25). The maximum absolute atomic E-state index is 12.5. The smallest absolute Gasteiger partial charge is 0.321 e. The lowest BCUT2D eigenvalue weighted by atomic mass is 10.0. The van der Waals surface area contributed by atoms with Crippen LogP contribution in [0.25, 0.3) is 0 Å². The van der Waals surface area contributed by atoms with Crippen molar-refractivity contribution in [1.82, 2.24) is 15.1 Å². The van der Waals surface area contributed by atoms with E-state index < -0.39 is 12.0 Å². The Bertz CT molecular complexity index is 704. The molecule has 2 unspecified atom stereocenters. The van der Waals surface area contributed by atoms with E-state index in [1.54, 1.807) is 4.90 Å². The fraction of sp³-hybridized carbons (Fsp3) is 0.526. The molecule has 3 heterocycles. The number of dihydropyridines is 1. The van der Waals surface area contributed by atoms with E-state index in [1.165, 1.54) is 4.90 Å².